The van der Waals surface area contributed by atoms with Crippen molar-refractivity contribution in [2.24, 2.45) is 5.92 Å². The van der Waals surface area contributed by atoms with E-state index in [1.54, 1.807) is 12.1 Å². The highest BCUT2D eigenvalue weighted by Gasteiger charge is 2.26. The Morgan fingerprint density at radius 1 is 1.62 bits per heavy atom. The first-order chi connectivity index (χ1) is 7.70. The molecular formula is C11H12BrClN2O. The normalized spacial score (nSPS) is 20.1. The molecule has 0 bridgehead atoms. The van der Waals surface area contributed by atoms with Crippen LogP contribution in [0.4, 0.5) is 0 Å². The van der Waals surface area contributed by atoms with Crippen molar-refractivity contribution in [2.75, 3.05) is 18.4 Å². The van der Waals surface area contributed by atoms with Crippen LogP contribution in [0, 0.1) is 5.92 Å². The van der Waals surface area contributed by atoms with E-state index in [1.807, 2.05) is 4.90 Å². The van der Waals surface area contributed by atoms with E-state index in [4.69, 9.17) is 11.6 Å². The first-order valence-corrected chi connectivity index (χ1v) is 6.67. The van der Waals surface area contributed by atoms with Crippen molar-refractivity contribution in [3.63, 3.8) is 0 Å². The predicted molar refractivity (Wildman–Crippen MR) is 67.1 cm³/mol. The topological polar surface area (TPSA) is 33.2 Å². The molecular weight excluding hydrogens is 291 g/mol. The van der Waals surface area contributed by atoms with Crippen LogP contribution in [0.1, 0.15) is 16.9 Å². The zero-order valence-corrected chi connectivity index (χ0v) is 11.0. The molecule has 3 nitrogen and oxygen atoms in total. The van der Waals surface area contributed by atoms with Gasteiger partial charge in [-0.25, -0.2) is 4.98 Å². The summed E-state index contributed by atoms with van der Waals surface area (Å²) < 4.78 is 0. The smallest absolute Gasteiger partial charge is 0.272 e. The molecule has 5 heteroatoms. The SMILES string of the molecule is O=C(c1ccc(Cl)cn1)N1CCC(CBr)C1. The Bertz CT molecular complexity index is 382. The second-order valence-corrected chi connectivity index (χ2v) is 5.01. The molecule has 0 saturated carbocycles. The number of likely N-dealkylation sites (tertiary alicyclic amines) is 1. The van der Waals surface area contributed by atoms with Crippen LogP contribution in [0.15, 0.2) is 18.3 Å². The Balaban J connectivity index is 2.05. The lowest BCUT2D eigenvalue weighted by Crippen LogP contribution is -2.29. The quantitative estimate of drug-likeness (QED) is 0.787. The van der Waals surface area contributed by atoms with Gasteiger partial charge in [-0.15, -0.1) is 0 Å². The van der Waals surface area contributed by atoms with Crippen LogP contribution in [0.25, 0.3) is 0 Å². The molecule has 1 aliphatic heterocycles. The fourth-order valence-corrected chi connectivity index (χ4v) is 2.45. The molecule has 1 saturated heterocycles. The summed E-state index contributed by atoms with van der Waals surface area (Å²) in [5.41, 5.74) is 0.472. The average Bonchev–Trinajstić information content (AvgIpc) is 2.77. The van der Waals surface area contributed by atoms with E-state index in [2.05, 4.69) is 20.9 Å². The molecule has 1 aromatic rings. The van der Waals surface area contributed by atoms with Crippen molar-refractivity contribution in [3.8, 4) is 0 Å². The summed E-state index contributed by atoms with van der Waals surface area (Å²) in [6.45, 7) is 1.63. The lowest BCUT2D eigenvalue weighted by Gasteiger charge is -2.15. The Hall–Kier alpha value is -0.610. The Morgan fingerprint density at radius 2 is 2.44 bits per heavy atom. The maximum atomic E-state index is 12.0. The third-order valence-corrected chi connectivity index (χ3v) is 3.88. The fourth-order valence-electron chi connectivity index (χ4n) is 1.81. The Morgan fingerprint density at radius 3 is 3.00 bits per heavy atom. The van der Waals surface area contributed by atoms with Crippen molar-refractivity contribution in [1.82, 2.24) is 9.88 Å². The van der Waals surface area contributed by atoms with Gasteiger partial charge >= 0.3 is 0 Å². The van der Waals surface area contributed by atoms with E-state index in [-0.39, 0.29) is 5.91 Å². The average molecular weight is 304 g/mol. The van der Waals surface area contributed by atoms with Crippen molar-refractivity contribution in [1.29, 1.82) is 0 Å². The number of nitrogens with zero attached hydrogens (tertiary/aromatic N) is 2. The van der Waals surface area contributed by atoms with Gasteiger partial charge in [-0.1, -0.05) is 27.5 Å². The predicted octanol–water partition coefficient (Wildman–Crippen LogP) is 2.59. The van der Waals surface area contributed by atoms with E-state index in [0.717, 1.165) is 24.8 Å². The van der Waals surface area contributed by atoms with Crippen molar-refractivity contribution >= 4 is 33.4 Å². The monoisotopic (exact) mass is 302 g/mol. The van der Waals surface area contributed by atoms with Gasteiger partial charge in [-0.3, -0.25) is 4.79 Å². The molecule has 1 aromatic heterocycles. The van der Waals surface area contributed by atoms with E-state index >= 15 is 0 Å². The lowest BCUT2D eigenvalue weighted by atomic mass is 10.2. The number of halogens is 2. The molecule has 2 rings (SSSR count). The van der Waals surface area contributed by atoms with Crippen molar-refractivity contribution in [3.05, 3.63) is 29.0 Å². The highest BCUT2D eigenvalue weighted by Crippen LogP contribution is 2.20. The second kappa shape index (κ2) is 5.15. The van der Waals surface area contributed by atoms with Gasteiger partial charge in [0, 0.05) is 24.6 Å². The van der Waals surface area contributed by atoms with Crippen molar-refractivity contribution < 1.29 is 4.79 Å². The van der Waals surface area contributed by atoms with Crippen LogP contribution in [0.3, 0.4) is 0 Å². The number of hydrogen-bond donors (Lipinski definition) is 0. The van der Waals surface area contributed by atoms with Crippen LogP contribution >= 0.6 is 27.5 Å². The van der Waals surface area contributed by atoms with E-state index < -0.39 is 0 Å². The van der Waals surface area contributed by atoms with Crippen molar-refractivity contribution in [2.45, 2.75) is 6.42 Å². The van der Waals surface area contributed by atoms with Crippen LogP contribution in [0.2, 0.25) is 5.02 Å². The molecule has 16 heavy (non-hydrogen) atoms. The number of hydrogen-bond acceptors (Lipinski definition) is 2. The minimum atomic E-state index is 0.000108. The molecule has 1 atom stereocenters. The molecule has 0 radical (unpaired) electrons. The van der Waals surface area contributed by atoms with E-state index in [1.165, 1.54) is 6.20 Å². The van der Waals surface area contributed by atoms with Crippen LogP contribution in [-0.2, 0) is 0 Å². The summed E-state index contributed by atoms with van der Waals surface area (Å²) in [7, 11) is 0. The Kier molecular flexibility index (Phi) is 3.82. The van der Waals surface area contributed by atoms with Gasteiger partial charge < -0.3 is 4.90 Å². The number of pyridine rings is 1. The summed E-state index contributed by atoms with van der Waals surface area (Å²) in [5.74, 6) is 0.566. The molecule has 1 aliphatic rings. The zero-order valence-electron chi connectivity index (χ0n) is 8.70. The van der Waals surface area contributed by atoms with Gasteiger partial charge in [0.1, 0.15) is 5.69 Å². The standard InChI is InChI=1S/C11H12BrClN2O/c12-5-8-3-4-15(7-8)11(16)10-2-1-9(13)6-14-10/h1-2,6,8H,3-5,7H2. The maximum absolute atomic E-state index is 12.0. The summed E-state index contributed by atoms with van der Waals surface area (Å²) in [4.78, 5) is 17.9. The minimum Gasteiger partial charge on any atom is -0.337 e. The third-order valence-electron chi connectivity index (χ3n) is 2.74. The molecule has 0 aliphatic carbocycles. The number of carbonyl (C=O) groups is 1. The molecule has 2 heterocycles. The number of aromatic nitrogens is 1. The number of amides is 1. The molecule has 0 spiro atoms. The van der Waals surface area contributed by atoms with Crippen LogP contribution < -0.4 is 0 Å². The second-order valence-electron chi connectivity index (χ2n) is 3.92. The largest absolute Gasteiger partial charge is 0.337 e. The van der Waals surface area contributed by atoms with Gasteiger partial charge in [-0.05, 0) is 24.5 Å². The Labute approximate surface area is 108 Å². The summed E-state index contributed by atoms with van der Waals surface area (Å²) in [6.07, 6.45) is 2.57. The maximum Gasteiger partial charge on any atom is 0.272 e. The van der Waals surface area contributed by atoms with Gasteiger partial charge in [0.2, 0.25) is 0 Å². The fraction of sp³-hybridized carbons (Fsp3) is 0.455. The summed E-state index contributed by atoms with van der Waals surface area (Å²) >= 11 is 9.18. The highest BCUT2D eigenvalue weighted by atomic mass is 79.9. The first kappa shape index (κ1) is 11.9. The van der Waals surface area contributed by atoms with Crippen LogP contribution in [-0.4, -0.2) is 34.2 Å². The number of alkyl halides is 1. The molecule has 0 N–H and O–H groups in total. The third kappa shape index (κ3) is 2.55. The molecule has 86 valence electrons. The van der Waals surface area contributed by atoms with Gasteiger partial charge in [-0.2, -0.15) is 0 Å². The number of rotatable bonds is 2. The molecule has 0 aromatic carbocycles. The first-order valence-electron chi connectivity index (χ1n) is 5.17. The summed E-state index contributed by atoms with van der Waals surface area (Å²) in [6, 6.07) is 3.37. The molecule has 1 fully saturated rings. The summed E-state index contributed by atoms with van der Waals surface area (Å²) in [5, 5.41) is 1.50. The zero-order chi connectivity index (χ0) is 11.5. The van der Waals surface area contributed by atoms with E-state index in [9.17, 15) is 4.79 Å². The number of carbonyl (C=O) groups excluding carboxylic acids is 1. The minimum absolute atomic E-state index is 0.000108. The van der Waals surface area contributed by atoms with Gasteiger partial charge in [0.15, 0.2) is 0 Å². The van der Waals surface area contributed by atoms with Gasteiger partial charge in [0.25, 0.3) is 5.91 Å². The van der Waals surface area contributed by atoms with E-state index in [0.29, 0.717) is 16.6 Å². The molecule has 1 unspecified atom stereocenters. The van der Waals surface area contributed by atoms with Crippen LogP contribution in [0.5, 0.6) is 0 Å². The van der Waals surface area contributed by atoms with Gasteiger partial charge in [0.05, 0.1) is 5.02 Å². The highest BCUT2D eigenvalue weighted by molar-refractivity contribution is 9.09. The molecule has 1 amide bonds. The lowest BCUT2D eigenvalue weighted by molar-refractivity contribution is 0.0782.